The van der Waals surface area contributed by atoms with Crippen LogP contribution in [0.25, 0.3) is 0 Å². The van der Waals surface area contributed by atoms with Crippen LogP contribution in [-0.4, -0.2) is 42.2 Å². The summed E-state index contributed by atoms with van der Waals surface area (Å²) < 4.78 is 11.3. The fourth-order valence-corrected chi connectivity index (χ4v) is 3.29. The number of nitrogens with one attached hydrogen (secondary N) is 2. The number of halogens is 1. The van der Waals surface area contributed by atoms with Crippen LogP contribution in [0.2, 0.25) is 5.02 Å². The van der Waals surface area contributed by atoms with E-state index in [0.29, 0.717) is 30.6 Å². The van der Waals surface area contributed by atoms with E-state index >= 15 is 0 Å². The molecule has 1 aliphatic rings. The Kier molecular flexibility index (Phi) is 6.84. The number of nitrogens with zero attached hydrogens (tertiary/aromatic N) is 3. The first-order chi connectivity index (χ1) is 15.6. The van der Waals surface area contributed by atoms with Crippen molar-refractivity contribution >= 4 is 40.5 Å². The maximum atomic E-state index is 11.7. The van der Waals surface area contributed by atoms with E-state index < -0.39 is 0 Å². The van der Waals surface area contributed by atoms with E-state index in [4.69, 9.17) is 21.1 Å². The number of anilines is 4. The van der Waals surface area contributed by atoms with Crippen LogP contribution in [0, 0.1) is 0 Å². The second kappa shape index (κ2) is 10.1. The van der Waals surface area contributed by atoms with Crippen LogP contribution in [0.15, 0.2) is 67.4 Å². The van der Waals surface area contributed by atoms with Crippen molar-refractivity contribution in [3.63, 3.8) is 0 Å². The van der Waals surface area contributed by atoms with Gasteiger partial charge < -0.3 is 25.0 Å². The zero-order valence-corrected chi connectivity index (χ0v) is 18.0. The highest BCUT2D eigenvalue weighted by Crippen LogP contribution is 2.33. The number of hydrogen-bond donors (Lipinski definition) is 2. The number of carbonyl (C=O) groups is 1. The minimum absolute atomic E-state index is 0.161. The van der Waals surface area contributed by atoms with Gasteiger partial charge in [0.25, 0.3) is 0 Å². The van der Waals surface area contributed by atoms with Crippen molar-refractivity contribution in [3.8, 4) is 11.6 Å². The molecule has 0 unspecified atom stereocenters. The van der Waals surface area contributed by atoms with Gasteiger partial charge in [0.05, 0.1) is 25.1 Å². The van der Waals surface area contributed by atoms with Gasteiger partial charge in [-0.15, -0.1) is 0 Å². The lowest BCUT2D eigenvalue weighted by Crippen LogP contribution is -2.36. The van der Waals surface area contributed by atoms with Crippen LogP contribution in [0.4, 0.5) is 23.0 Å². The smallest absolute Gasteiger partial charge is 0.247 e. The van der Waals surface area contributed by atoms with Crippen molar-refractivity contribution in [3.05, 3.63) is 72.4 Å². The molecule has 4 rings (SSSR count). The molecule has 1 saturated heterocycles. The first kappa shape index (κ1) is 21.6. The molecular formula is C23H22ClN5O3. The molecule has 2 aromatic carbocycles. The van der Waals surface area contributed by atoms with Crippen molar-refractivity contribution < 1.29 is 14.3 Å². The summed E-state index contributed by atoms with van der Waals surface area (Å²) in [6, 6.07) is 15.0. The maximum Gasteiger partial charge on any atom is 0.247 e. The van der Waals surface area contributed by atoms with Gasteiger partial charge in [0.2, 0.25) is 17.7 Å². The Morgan fingerprint density at radius 2 is 2.00 bits per heavy atom. The standard InChI is InChI=1S/C23H22ClN5O3/c1-2-21(30)27-19-8-3-4-9-20(19)32-22-18(24)15-25-23(28-22)26-16-6-5-7-17(14-16)29-10-12-31-13-11-29/h2-9,14-15H,1,10-13H2,(H,27,30)(H,25,26,28). The molecule has 164 valence electrons. The van der Waals surface area contributed by atoms with E-state index in [-0.39, 0.29) is 16.8 Å². The number of benzene rings is 2. The normalized spacial score (nSPS) is 13.3. The SMILES string of the molecule is C=CC(=O)Nc1ccccc1Oc1nc(Nc2cccc(N3CCOCC3)c2)ncc1Cl. The second-order valence-electron chi connectivity index (χ2n) is 6.91. The van der Waals surface area contributed by atoms with Crippen molar-refractivity contribution in [2.24, 2.45) is 0 Å². The van der Waals surface area contributed by atoms with E-state index in [1.165, 1.54) is 12.3 Å². The molecule has 0 bridgehead atoms. The first-order valence-electron chi connectivity index (χ1n) is 10.0. The van der Waals surface area contributed by atoms with Gasteiger partial charge in [0, 0.05) is 24.5 Å². The summed E-state index contributed by atoms with van der Waals surface area (Å²) in [6.45, 7) is 6.59. The van der Waals surface area contributed by atoms with Crippen molar-refractivity contribution in [2.45, 2.75) is 0 Å². The molecule has 1 aromatic heterocycles. The van der Waals surface area contributed by atoms with E-state index in [1.807, 2.05) is 18.2 Å². The Morgan fingerprint density at radius 1 is 1.19 bits per heavy atom. The molecule has 9 heteroatoms. The number of aromatic nitrogens is 2. The van der Waals surface area contributed by atoms with Crippen molar-refractivity contribution in [1.82, 2.24) is 9.97 Å². The largest absolute Gasteiger partial charge is 0.435 e. The van der Waals surface area contributed by atoms with Gasteiger partial charge in [0.15, 0.2) is 5.75 Å². The van der Waals surface area contributed by atoms with Gasteiger partial charge in [0.1, 0.15) is 5.02 Å². The molecule has 0 atom stereocenters. The van der Waals surface area contributed by atoms with Crippen molar-refractivity contribution in [2.75, 3.05) is 41.8 Å². The quantitative estimate of drug-likeness (QED) is 0.506. The van der Waals surface area contributed by atoms with Crippen LogP contribution in [0.5, 0.6) is 11.6 Å². The summed E-state index contributed by atoms with van der Waals surface area (Å²) in [7, 11) is 0. The number of para-hydroxylation sites is 2. The Balaban J connectivity index is 1.53. The second-order valence-corrected chi connectivity index (χ2v) is 7.32. The molecular weight excluding hydrogens is 430 g/mol. The number of carbonyl (C=O) groups excluding carboxylic acids is 1. The van der Waals surface area contributed by atoms with E-state index in [9.17, 15) is 4.79 Å². The molecule has 32 heavy (non-hydrogen) atoms. The van der Waals surface area contributed by atoms with Gasteiger partial charge in [-0.05, 0) is 36.4 Å². The number of hydrogen-bond acceptors (Lipinski definition) is 7. The predicted molar refractivity (Wildman–Crippen MR) is 125 cm³/mol. The molecule has 1 aliphatic heterocycles. The molecule has 8 nitrogen and oxygen atoms in total. The van der Waals surface area contributed by atoms with Crippen LogP contribution in [-0.2, 0) is 9.53 Å². The molecule has 2 N–H and O–H groups in total. The molecule has 0 saturated carbocycles. The van der Waals surface area contributed by atoms with Gasteiger partial charge in [-0.25, -0.2) is 4.98 Å². The molecule has 2 heterocycles. The van der Waals surface area contributed by atoms with E-state index in [1.54, 1.807) is 24.3 Å². The number of amides is 1. The number of ether oxygens (including phenoxy) is 2. The lowest BCUT2D eigenvalue weighted by atomic mass is 10.2. The number of rotatable bonds is 7. The van der Waals surface area contributed by atoms with Crippen molar-refractivity contribution in [1.29, 1.82) is 0 Å². The Bertz CT molecular complexity index is 1120. The zero-order chi connectivity index (χ0) is 22.3. The molecule has 1 fully saturated rings. The van der Waals surface area contributed by atoms with E-state index in [0.717, 1.165) is 24.5 Å². The predicted octanol–water partition coefficient (Wildman–Crippen LogP) is 4.63. The molecule has 0 radical (unpaired) electrons. The Morgan fingerprint density at radius 3 is 2.81 bits per heavy atom. The van der Waals surface area contributed by atoms with Crippen LogP contribution < -0.4 is 20.3 Å². The summed E-state index contributed by atoms with van der Waals surface area (Å²) in [5, 5.41) is 6.12. The van der Waals surface area contributed by atoms with Gasteiger partial charge in [-0.1, -0.05) is 36.4 Å². The topological polar surface area (TPSA) is 88.6 Å². The van der Waals surface area contributed by atoms with Gasteiger partial charge in [-0.3, -0.25) is 4.79 Å². The summed E-state index contributed by atoms with van der Waals surface area (Å²) in [6.07, 6.45) is 2.64. The fraction of sp³-hybridized carbons (Fsp3) is 0.174. The minimum atomic E-state index is -0.350. The highest BCUT2D eigenvalue weighted by Gasteiger charge is 2.14. The summed E-state index contributed by atoms with van der Waals surface area (Å²) in [5.41, 5.74) is 2.40. The number of morpholine rings is 1. The fourth-order valence-electron chi connectivity index (χ4n) is 3.16. The van der Waals surface area contributed by atoms with Crippen LogP contribution in [0.1, 0.15) is 0 Å². The lowest BCUT2D eigenvalue weighted by molar-refractivity contribution is -0.111. The highest BCUT2D eigenvalue weighted by atomic mass is 35.5. The van der Waals surface area contributed by atoms with Gasteiger partial charge >= 0.3 is 0 Å². The van der Waals surface area contributed by atoms with E-state index in [2.05, 4.69) is 38.1 Å². The molecule has 3 aromatic rings. The summed E-state index contributed by atoms with van der Waals surface area (Å²) >= 11 is 6.26. The van der Waals surface area contributed by atoms with Gasteiger partial charge in [-0.2, -0.15) is 4.98 Å². The molecule has 0 spiro atoms. The zero-order valence-electron chi connectivity index (χ0n) is 17.3. The average molecular weight is 452 g/mol. The highest BCUT2D eigenvalue weighted by molar-refractivity contribution is 6.31. The Hall–Kier alpha value is -3.62. The maximum absolute atomic E-state index is 11.7. The third-order valence-corrected chi connectivity index (χ3v) is 4.99. The molecule has 0 aliphatic carbocycles. The monoisotopic (exact) mass is 451 g/mol. The average Bonchev–Trinajstić information content (AvgIpc) is 2.83. The van der Waals surface area contributed by atoms with Crippen LogP contribution in [0.3, 0.4) is 0 Å². The summed E-state index contributed by atoms with van der Waals surface area (Å²) in [4.78, 5) is 22.6. The minimum Gasteiger partial charge on any atom is -0.435 e. The summed E-state index contributed by atoms with van der Waals surface area (Å²) in [5.74, 6) is 0.533. The third kappa shape index (κ3) is 5.35. The lowest BCUT2D eigenvalue weighted by Gasteiger charge is -2.29. The first-order valence-corrected chi connectivity index (χ1v) is 10.4. The Labute approximate surface area is 190 Å². The third-order valence-electron chi connectivity index (χ3n) is 4.73. The molecule has 1 amide bonds. The van der Waals surface area contributed by atoms with Crippen LogP contribution >= 0.6 is 11.6 Å².